The summed E-state index contributed by atoms with van der Waals surface area (Å²) >= 11 is 1.48. The third-order valence-electron chi connectivity index (χ3n) is 4.31. The molecule has 1 saturated carbocycles. The van der Waals surface area contributed by atoms with Gasteiger partial charge in [0.25, 0.3) is 5.56 Å². The molecule has 0 amide bonds. The Labute approximate surface area is 148 Å². The number of para-hydroxylation sites is 1. The Morgan fingerprint density at radius 2 is 2.12 bits per heavy atom. The number of benzene rings is 1. The second kappa shape index (κ2) is 6.33. The predicted molar refractivity (Wildman–Crippen MR) is 94.2 cm³/mol. The standard InChI is InChI=1S/C17H16N6OS/c1-22-15(11-6-7-11)20-21-17(22)25-10-14-19-13-5-3-2-4-12(13)16(24)23(14)9-8-18/h2-5,11H,6-7,9-10H2,1H3. The van der Waals surface area contributed by atoms with Crippen LogP contribution in [0.2, 0.25) is 0 Å². The van der Waals surface area contributed by atoms with E-state index in [9.17, 15) is 4.79 Å². The van der Waals surface area contributed by atoms with Crippen molar-refractivity contribution in [1.29, 1.82) is 5.26 Å². The van der Waals surface area contributed by atoms with Crippen LogP contribution in [-0.4, -0.2) is 24.3 Å². The summed E-state index contributed by atoms with van der Waals surface area (Å²) < 4.78 is 3.45. The lowest BCUT2D eigenvalue weighted by Gasteiger charge is -2.10. The average molecular weight is 352 g/mol. The van der Waals surface area contributed by atoms with Crippen molar-refractivity contribution in [2.45, 2.75) is 36.2 Å². The number of hydrogen-bond donors (Lipinski definition) is 0. The molecule has 7 nitrogen and oxygen atoms in total. The fraction of sp³-hybridized carbons (Fsp3) is 0.353. The number of fused-ring (bicyclic) bond motifs is 1. The van der Waals surface area contributed by atoms with Crippen LogP contribution < -0.4 is 5.56 Å². The van der Waals surface area contributed by atoms with Crippen LogP contribution in [0.1, 0.15) is 30.4 Å². The molecule has 1 aliphatic carbocycles. The van der Waals surface area contributed by atoms with Crippen molar-refractivity contribution in [1.82, 2.24) is 24.3 Å². The zero-order valence-electron chi connectivity index (χ0n) is 13.7. The SMILES string of the molecule is Cn1c(SCc2nc3ccccc3c(=O)n2CC#N)nnc1C1CC1. The van der Waals surface area contributed by atoms with Gasteiger partial charge in [0.15, 0.2) is 5.16 Å². The number of hydrogen-bond acceptors (Lipinski definition) is 6. The van der Waals surface area contributed by atoms with Gasteiger partial charge in [0.1, 0.15) is 18.2 Å². The van der Waals surface area contributed by atoms with E-state index < -0.39 is 0 Å². The Hall–Kier alpha value is -2.66. The predicted octanol–water partition coefficient (Wildman–Crippen LogP) is 2.22. The van der Waals surface area contributed by atoms with Crippen LogP contribution in [0.5, 0.6) is 0 Å². The normalized spacial score (nSPS) is 13.9. The molecule has 0 saturated heterocycles. The highest BCUT2D eigenvalue weighted by Crippen LogP contribution is 2.39. The molecular weight excluding hydrogens is 336 g/mol. The van der Waals surface area contributed by atoms with Gasteiger partial charge in [0, 0.05) is 13.0 Å². The lowest BCUT2D eigenvalue weighted by atomic mass is 10.2. The topological polar surface area (TPSA) is 89.4 Å². The van der Waals surface area contributed by atoms with Crippen LogP contribution in [0.4, 0.5) is 0 Å². The zero-order valence-corrected chi connectivity index (χ0v) is 14.5. The number of aromatic nitrogens is 5. The van der Waals surface area contributed by atoms with E-state index in [0.29, 0.717) is 28.4 Å². The van der Waals surface area contributed by atoms with E-state index in [2.05, 4.69) is 15.2 Å². The summed E-state index contributed by atoms with van der Waals surface area (Å²) in [5.41, 5.74) is 0.466. The first kappa shape index (κ1) is 15.8. The third-order valence-corrected chi connectivity index (χ3v) is 5.33. The smallest absolute Gasteiger partial charge is 0.262 e. The van der Waals surface area contributed by atoms with Gasteiger partial charge in [-0.15, -0.1) is 10.2 Å². The maximum absolute atomic E-state index is 12.6. The van der Waals surface area contributed by atoms with Crippen molar-refractivity contribution in [3.63, 3.8) is 0 Å². The Bertz CT molecular complexity index is 1040. The summed E-state index contributed by atoms with van der Waals surface area (Å²) in [4.78, 5) is 17.2. The lowest BCUT2D eigenvalue weighted by molar-refractivity contribution is 0.722. The second-order valence-electron chi connectivity index (χ2n) is 6.06. The van der Waals surface area contributed by atoms with Crippen LogP contribution >= 0.6 is 11.8 Å². The number of nitrogens with zero attached hydrogens (tertiary/aromatic N) is 6. The molecule has 0 N–H and O–H groups in total. The van der Waals surface area contributed by atoms with Crippen molar-refractivity contribution in [3.8, 4) is 6.07 Å². The summed E-state index contributed by atoms with van der Waals surface area (Å²) in [6, 6.07) is 9.25. The minimum atomic E-state index is -0.181. The van der Waals surface area contributed by atoms with Crippen LogP contribution in [0, 0.1) is 11.3 Å². The highest BCUT2D eigenvalue weighted by molar-refractivity contribution is 7.98. The molecule has 2 aromatic heterocycles. The van der Waals surface area contributed by atoms with Crippen molar-refractivity contribution in [2.75, 3.05) is 0 Å². The molecule has 0 aliphatic heterocycles. The van der Waals surface area contributed by atoms with Crippen molar-refractivity contribution < 1.29 is 0 Å². The molecule has 2 heterocycles. The van der Waals surface area contributed by atoms with E-state index in [-0.39, 0.29) is 12.1 Å². The van der Waals surface area contributed by atoms with E-state index in [4.69, 9.17) is 5.26 Å². The monoisotopic (exact) mass is 352 g/mol. The first-order valence-corrected chi connectivity index (χ1v) is 9.05. The molecule has 1 aliphatic rings. The number of nitriles is 1. The van der Waals surface area contributed by atoms with Crippen molar-refractivity contribution in [2.24, 2.45) is 7.05 Å². The Morgan fingerprint density at radius 3 is 2.88 bits per heavy atom. The molecule has 25 heavy (non-hydrogen) atoms. The molecular formula is C17H16N6OS. The van der Waals surface area contributed by atoms with Gasteiger partial charge in [-0.1, -0.05) is 23.9 Å². The Kier molecular flexibility index (Phi) is 4.01. The van der Waals surface area contributed by atoms with E-state index in [1.54, 1.807) is 12.1 Å². The maximum atomic E-state index is 12.6. The molecule has 1 aromatic carbocycles. The second-order valence-corrected chi connectivity index (χ2v) is 7.00. The molecule has 0 bridgehead atoms. The summed E-state index contributed by atoms with van der Waals surface area (Å²) in [6.07, 6.45) is 2.34. The van der Waals surface area contributed by atoms with Gasteiger partial charge in [-0.2, -0.15) is 5.26 Å². The fourth-order valence-electron chi connectivity index (χ4n) is 2.84. The molecule has 0 unspecified atom stereocenters. The van der Waals surface area contributed by atoms with Gasteiger partial charge in [0.2, 0.25) is 0 Å². The van der Waals surface area contributed by atoms with Crippen LogP contribution in [0.15, 0.2) is 34.2 Å². The van der Waals surface area contributed by atoms with E-state index >= 15 is 0 Å². The molecule has 8 heteroatoms. The molecule has 1 fully saturated rings. The highest BCUT2D eigenvalue weighted by Gasteiger charge is 2.29. The molecule has 0 spiro atoms. The van der Waals surface area contributed by atoms with Gasteiger partial charge >= 0.3 is 0 Å². The summed E-state index contributed by atoms with van der Waals surface area (Å²) in [6.45, 7) is -0.0152. The van der Waals surface area contributed by atoms with Crippen LogP contribution in [-0.2, 0) is 19.3 Å². The summed E-state index contributed by atoms with van der Waals surface area (Å²) in [5.74, 6) is 2.58. The molecule has 126 valence electrons. The van der Waals surface area contributed by atoms with E-state index in [1.165, 1.54) is 29.2 Å². The highest BCUT2D eigenvalue weighted by atomic mass is 32.2. The van der Waals surface area contributed by atoms with Crippen molar-refractivity contribution >= 4 is 22.7 Å². The zero-order chi connectivity index (χ0) is 17.4. The molecule has 4 rings (SSSR count). The van der Waals surface area contributed by atoms with Gasteiger partial charge in [-0.05, 0) is 25.0 Å². The third kappa shape index (κ3) is 2.91. The number of rotatable bonds is 5. The van der Waals surface area contributed by atoms with Crippen LogP contribution in [0.3, 0.4) is 0 Å². The van der Waals surface area contributed by atoms with Crippen molar-refractivity contribution in [3.05, 3.63) is 46.3 Å². The van der Waals surface area contributed by atoms with Gasteiger partial charge in [-0.25, -0.2) is 4.98 Å². The fourth-order valence-corrected chi connectivity index (χ4v) is 3.70. The molecule has 3 aromatic rings. The number of thioether (sulfide) groups is 1. The Balaban J connectivity index is 1.67. The quantitative estimate of drug-likeness (QED) is 0.654. The lowest BCUT2D eigenvalue weighted by Crippen LogP contribution is -2.24. The van der Waals surface area contributed by atoms with Gasteiger partial charge < -0.3 is 4.57 Å². The Morgan fingerprint density at radius 1 is 1.32 bits per heavy atom. The first-order chi connectivity index (χ1) is 12.2. The minimum Gasteiger partial charge on any atom is -0.309 e. The van der Waals surface area contributed by atoms with Crippen LogP contribution in [0.25, 0.3) is 10.9 Å². The molecule has 0 atom stereocenters. The first-order valence-electron chi connectivity index (χ1n) is 8.06. The van der Waals surface area contributed by atoms with Gasteiger partial charge in [-0.3, -0.25) is 9.36 Å². The maximum Gasteiger partial charge on any atom is 0.262 e. The van der Waals surface area contributed by atoms with E-state index in [1.807, 2.05) is 29.8 Å². The minimum absolute atomic E-state index is 0.0152. The van der Waals surface area contributed by atoms with E-state index in [0.717, 1.165) is 11.0 Å². The largest absolute Gasteiger partial charge is 0.309 e. The summed E-state index contributed by atoms with van der Waals surface area (Å²) in [5, 5.41) is 18.9. The summed E-state index contributed by atoms with van der Waals surface area (Å²) in [7, 11) is 1.96. The average Bonchev–Trinajstić information content (AvgIpc) is 3.40. The molecule has 0 radical (unpaired) electrons. The van der Waals surface area contributed by atoms with Gasteiger partial charge in [0.05, 0.1) is 22.7 Å².